The fraction of sp³-hybridized carbons (Fsp3) is 0.0400. The molecule has 33 heavy (non-hydrogen) atoms. The van der Waals surface area contributed by atoms with Gasteiger partial charge in [0.05, 0.1) is 10.6 Å². The molecule has 0 atom stereocenters. The number of para-hydroxylation sites is 2. The molecule has 0 aliphatic carbocycles. The highest BCUT2D eigenvalue weighted by Gasteiger charge is 2.15. The number of hydrogen-bond donors (Lipinski definition) is 1. The van der Waals surface area contributed by atoms with Gasteiger partial charge >= 0.3 is 0 Å². The number of nitrogens with one attached hydrogen (secondary N) is 1. The molecule has 4 aromatic rings. The van der Waals surface area contributed by atoms with Crippen LogP contribution in [0.1, 0.15) is 11.1 Å². The van der Waals surface area contributed by atoms with Gasteiger partial charge in [0.2, 0.25) is 0 Å². The van der Waals surface area contributed by atoms with E-state index in [9.17, 15) is 24.6 Å². The average Bonchev–Trinajstić information content (AvgIpc) is 3.16. The minimum Gasteiger partial charge on any atom is -0.342 e. The number of rotatable bonds is 6. The van der Waals surface area contributed by atoms with Gasteiger partial charge in [0.15, 0.2) is 0 Å². The van der Waals surface area contributed by atoms with E-state index in [2.05, 4.69) is 5.32 Å². The lowest BCUT2D eigenvalue weighted by Gasteiger charge is -2.05. The molecule has 0 radical (unpaired) electrons. The molecule has 0 aliphatic heterocycles. The zero-order valence-corrected chi connectivity index (χ0v) is 17.2. The van der Waals surface area contributed by atoms with Gasteiger partial charge in [-0.2, -0.15) is 5.26 Å². The summed E-state index contributed by atoms with van der Waals surface area (Å²) >= 11 is 0. The Balaban J connectivity index is 1.69. The van der Waals surface area contributed by atoms with Crippen LogP contribution in [0.3, 0.4) is 0 Å². The number of nitrogens with zero attached hydrogens (tertiary/aromatic N) is 3. The quantitative estimate of drug-likeness (QED) is 0.191. The van der Waals surface area contributed by atoms with Gasteiger partial charge in [0.25, 0.3) is 11.6 Å². The Kier molecular flexibility index (Phi) is 5.96. The van der Waals surface area contributed by atoms with Crippen LogP contribution in [0.5, 0.6) is 0 Å². The molecule has 0 fully saturated rings. The number of anilines is 1. The molecular weight excluding hydrogens is 423 g/mol. The third-order valence-corrected chi connectivity index (χ3v) is 5.08. The SMILES string of the molecule is N#C/C(=C/c1cn(Cc2cccc([N+](=O)[O-])c2)c2ccccc12)C(=O)Nc1ccccc1F. The molecule has 0 aliphatic rings. The van der Waals surface area contributed by atoms with Crippen LogP contribution in [-0.2, 0) is 11.3 Å². The molecule has 8 heteroatoms. The van der Waals surface area contributed by atoms with Gasteiger partial charge in [0.1, 0.15) is 17.5 Å². The summed E-state index contributed by atoms with van der Waals surface area (Å²) in [6.45, 7) is 0.360. The second-order valence-corrected chi connectivity index (χ2v) is 7.26. The van der Waals surface area contributed by atoms with E-state index < -0.39 is 16.6 Å². The van der Waals surface area contributed by atoms with Gasteiger partial charge < -0.3 is 9.88 Å². The molecule has 0 bridgehead atoms. The van der Waals surface area contributed by atoms with Crippen LogP contribution >= 0.6 is 0 Å². The number of nitro groups is 1. The van der Waals surface area contributed by atoms with E-state index >= 15 is 0 Å². The minimum absolute atomic E-state index is 0.000614. The highest BCUT2D eigenvalue weighted by atomic mass is 19.1. The topological polar surface area (TPSA) is 101 Å². The Labute approximate surface area is 188 Å². The molecule has 3 aromatic carbocycles. The fourth-order valence-electron chi connectivity index (χ4n) is 3.54. The zero-order valence-electron chi connectivity index (χ0n) is 17.2. The van der Waals surface area contributed by atoms with E-state index in [1.165, 1.54) is 36.4 Å². The lowest BCUT2D eigenvalue weighted by atomic mass is 10.1. The molecule has 0 saturated heterocycles. The van der Waals surface area contributed by atoms with Crippen molar-refractivity contribution in [3.05, 3.63) is 112 Å². The summed E-state index contributed by atoms with van der Waals surface area (Å²) in [6, 6.07) is 21.4. The summed E-state index contributed by atoms with van der Waals surface area (Å²) in [4.78, 5) is 23.2. The first-order chi connectivity index (χ1) is 16.0. The first kappa shape index (κ1) is 21.5. The number of hydrogen-bond acceptors (Lipinski definition) is 4. The zero-order chi connectivity index (χ0) is 23.4. The molecule has 1 heterocycles. The monoisotopic (exact) mass is 440 g/mol. The van der Waals surface area contributed by atoms with Crippen molar-refractivity contribution >= 4 is 34.3 Å². The maximum atomic E-state index is 13.9. The predicted molar refractivity (Wildman–Crippen MR) is 123 cm³/mol. The van der Waals surface area contributed by atoms with Gasteiger partial charge in [-0.25, -0.2) is 4.39 Å². The predicted octanol–water partition coefficient (Wildman–Crippen LogP) is 5.28. The van der Waals surface area contributed by atoms with Gasteiger partial charge in [-0.3, -0.25) is 14.9 Å². The number of halogens is 1. The number of non-ortho nitro benzene ring substituents is 1. The largest absolute Gasteiger partial charge is 0.342 e. The number of nitriles is 1. The molecule has 162 valence electrons. The Bertz CT molecular complexity index is 1450. The number of carbonyl (C=O) groups is 1. The Hall–Kier alpha value is -4.77. The van der Waals surface area contributed by atoms with Crippen LogP contribution in [0, 0.1) is 27.3 Å². The number of carbonyl (C=O) groups excluding carboxylic acids is 1. The maximum Gasteiger partial charge on any atom is 0.269 e. The van der Waals surface area contributed by atoms with Crippen molar-refractivity contribution in [1.29, 1.82) is 5.26 Å². The lowest BCUT2D eigenvalue weighted by molar-refractivity contribution is -0.384. The summed E-state index contributed by atoms with van der Waals surface area (Å²) in [5.74, 6) is -1.32. The van der Waals surface area contributed by atoms with Crippen molar-refractivity contribution in [2.75, 3.05) is 5.32 Å². The highest BCUT2D eigenvalue weighted by molar-refractivity contribution is 6.10. The molecule has 0 saturated carbocycles. The van der Waals surface area contributed by atoms with Crippen LogP contribution < -0.4 is 5.32 Å². The first-order valence-corrected chi connectivity index (χ1v) is 9.95. The van der Waals surface area contributed by atoms with Crippen LogP contribution in [0.2, 0.25) is 0 Å². The van der Waals surface area contributed by atoms with E-state index in [1.807, 2.05) is 34.9 Å². The third kappa shape index (κ3) is 4.62. The summed E-state index contributed by atoms with van der Waals surface area (Å²) in [7, 11) is 0. The number of aromatic nitrogens is 1. The molecule has 4 rings (SSSR count). The van der Waals surface area contributed by atoms with E-state index in [0.717, 1.165) is 16.5 Å². The Morgan fingerprint density at radius 1 is 1.12 bits per heavy atom. The van der Waals surface area contributed by atoms with Crippen molar-refractivity contribution in [2.24, 2.45) is 0 Å². The van der Waals surface area contributed by atoms with Crippen LogP contribution in [0.15, 0.2) is 84.6 Å². The average molecular weight is 440 g/mol. The van der Waals surface area contributed by atoms with Crippen molar-refractivity contribution in [3.8, 4) is 6.07 Å². The number of benzene rings is 3. The first-order valence-electron chi connectivity index (χ1n) is 9.95. The van der Waals surface area contributed by atoms with E-state index in [-0.39, 0.29) is 16.9 Å². The van der Waals surface area contributed by atoms with Gasteiger partial charge in [-0.15, -0.1) is 0 Å². The summed E-state index contributed by atoms with van der Waals surface area (Å²) in [6.07, 6.45) is 3.22. The minimum atomic E-state index is -0.724. The second-order valence-electron chi connectivity index (χ2n) is 7.26. The van der Waals surface area contributed by atoms with E-state index in [4.69, 9.17) is 0 Å². The molecule has 1 aromatic heterocycles. The smallest absolute Gasteiger partial charge is 0.269 e. The molecule has 7 nitrogen and oxygen atoms in total. The molecule has 1 N–H and O–H groups in total. The second kappa shape index (κ2) is 9.16. The molecule has 1 amide bonds. The van der Waals surface area contributed by atoms with Crippen molar-refractivity contribution in [2.45, 2.75) is 6.54 Å². The number of fused-ring (bicyclic) bond motifs is 1. The molecular formula is C25H17FN4O3. The Morgan fingerprint density at radius 2 is 1.88 bits per heavy atom. The standard InChI is InChI=1S/C25H17FN4O3/c26-22-9-2-3-10-23(22)28-25(31)18(14-27)13-19-16-29(24-11-4-1-8-21(19)24)15-17-6-5-7-20(12-17)30(32)33/h1-13,16H,15H2,(H,28,31)/b18-13-. The molecule has 0 spiro atoms. The van der Waals surface area contributed by atoms with Crippen molar-refractivity contribution in [1.82, 2.24) is 4.57 Å². The third-order valence-electron chi connectivity index (χ3n) is 5.08. The summed E-state index contributed by atoms with van der Waals surface area (Å²) < 4.78 is 15.8. The number of nitro benzene ring substituents is 1. The van der Waals surface area contributed by atoms with Crippen LogP contribution in [0.4, 0.5) is 15.8 Å². The van der Waals surface area contributed by atoms with Crippen LogP contribution in [0.25, 0.3) is 17.0 Å². The molecule has 0 unspecified atom stereocenters. The van der Waals surface area contributed by atoms with Gasteiger partial charge in [0, 0.05) is 41.3 Å². The fourth-order valence-corrected chi connectivity index (χ4v) is 3.54. The van der Waals surface area contributed by atoms with E-state index in [0.29, 0.717) is 12.1 Å². The van der Waals surface area contributed by atoms with Crippen molar-refractivity contribution < 1.29 is 14.1 Å². The van der Waals surface area contributed by atoms with Crippen LogP contribution in [-0.4, -0.2) is 15.4 Å². The van der Waals surface area contributed by atoms with E-state index in [1.54, 1.807) is 24.4 Å². The Morgan fingerprint density at radius 3 is 2.64 bits per heavy atom. The maximum absolute atomic E-state index is 13.9. The highest BCUT2D eigenvalue weighted by Crippen LogP contribution is 2.26. The van der Waals surface area contributed by atoms with Gasteiger partial charge in [-0.1, -0.05) is 42.5 Å². The normalized spacial score (nSPS) is 11.2. The summed E-state index contributed by atoms with van der Waals surface area (Å²) in [5, 5.41) is 23.9. The van der Waals surface area contributed by atoms with Crippen molar-refractivity contribution in [3.63, 3.8) is 0 Å². The number of amides is 1. The summed E-state index contributed by atoms with van der Waals surface area (Å²) in [5.41, 5.74) is 1.99. The van der Waals surface area contributed by atoms with Gasteiger partial charge in [-0.05, 0) is 29.8 Å². The lowest BCUT2D eigenvalue weighted by Crippen LogP contribution is -2.14.